The minimum Gasteiger partial charge on any atom is -0.507 e. The molecule has 1 rings (SSSR count). The summed E-state index contributed by atoms with van der Waals surface area (Å²) >= 11 is 0. The van der Waals surface area contributed by atoms with E-state index in [9.17, 15) is 5.11 Å². The summed E-state index contributed by atoms with van der Waals surface area (Å²) in [5, 5.41) is 9.60. The Morgan fingerprint density at radius 3 is 2.64 bits per heavy atom. The summed E-state index contributed by atoms with van der Waals surface area (Å²) in [6.45, 7) is 5.66. The second-order valence-electron chi connectivity index (χ2n) is 2.87. The highest BCUT2D eigenvalue weighted by molar-refractivity contribution is 5.78. The number of hydrogen-bond donors (Lipinski definition) is 1. The Balaban J connectivity index is 3.13. The quantitative estimate of drug-likeness (QED) is 0.716. The average molecular weight is 186 g/mol. The fraction of sp³-hybridized carbons (Fsp3) is 0.0769. The van der Waals surface area contributed by atoms with Gasteiger partial charge in [-0.05, 0) is 18.6 Å². The zero-order valence-electron chi connectivity index (χ0n) is 8.27. The topological polar surface area (TPSA) is 20.2 Å². The molecule has 1 nitrogen and oxygen atoms in total. The maximum atomic E-state index is 9.60. The van der Waals surface area contributed by atoms with Crippen LogP contribution >= 0.6 is 0 Å². The molecule has 72 valence electrons. The molecule has 0 unspecified atom stereocenters. The predicted molar refractivity (Wildman–Crippen MR) is 61.1 cm³/mol. The standard InChI is InChI=1S/C13H14O/c1-3-5-8-11(4-2)12-9-6-7-10-13(12)14/h3-10,14H,2H2,1H3/b5-3-,11-8+. The maximum Gasteiger partial charge on any atom is 0.123 e. The first-order valence-corrected chi connectivity index (χ1v) is 4.53. The summed E-state index contributed by atoms with van der Waals surface area (Å²) in [6, 6.07) is 7.23. The molecule has 0 aliphatic carbocycles. The van der Waals surface area contributed by atoms with E-state index in [1.54, 1.807) is 18.2 Å². The van der Waals surface area contributed by atoms with Crippen LogP contribution in [0.2, 0.25) is 0 Å². The lowest BCUT2D eigenvalue weighted by Crippen LogP contribution is -1.80. The minimum absolute atomic E-state index is 0.281. The van der Waals surface area contributed by atoms with Crippen molar-refractivity contribution in [1.29, 1.82) is 0 Å². The van der Waals surface area contributed by atoms with Gasteiger partial charge in [-0.1, -0.05) is 49.1 Å². The molecule has 0 saturated carbocycles. The number of benzene rings is 1. The Morgan fingerprint density at radius 1 is 1.36 bits per heavy atom. The van der Waals surface area contributed by atoms with Crippen LogP contribution in [0.5, 0.6) is 5.75 Å². The van der Waals surface area contributed by atoms with Crippen LogP contribution in [0.15, 0.2) is 55.1 Å². The number of phenols is 1. The fourth-order valence-corrected chi connectivity index (χ4v) is 1.19. The smallest absolute Gasteiger partial charge is 0.123 e. The third-order valence-electron chi connectivity index (χ3n) is 1.90. The lowest BCUT2D eigenvalue weighted by molar-refractivity contribution is 0.474. The summed E-state index contributed by atoms with van der Waals surface area (Å²) in [4.78, 5) is 0. The summed E-state index contributed by atoms with van der Waals surface area (Å²) in [6.07, 6.45) is 7.50. The molecule has 0 fully saturated rings. The highest BCUT2D eigenvalue weighted by Gasteiger charge is 2.01. The van der Waals surface area contributed by atoms with Crippen LogP contribution in [0, 0.1) is 0 Å². The van der Waals surface area contributed by atoms with Gasteiger partial charge in [0.2, 0.25) is 0 Å². The van der Waals surface area contributed by atoms with Crippen molar-refractivity contribution in [3.63, 3.8) is 0 Å². The van der Waals surface area contributed by atoms with Crippen molar-refractivity contribution in [3.05, 3.63) is 60.7 Å². The third kappa shape index (κ3) is 2.36. The van der Waals surface area contributed by atoms with E-state index in [2.05, 4.69) is 6.58 Å². The van der Waals surface area contributed by atoms with Gasteiger partial charge in [-0.25, -0.2) is 0 Å². The predicted octanol–water partition coefficient (Wildman–Crippen LogP) is 3.54. The van der Waals surface area contributed by atoms with E-state index in [0.29, 0.717) is 0 Å². The van der Waals surface area contributed by atoms with Gasteiger partial charge in [0.15, 0.2) is 0 Å². The van der Waals surface area contributed by atoms with Crippen LogP contribution in [0.3, 0.4) is 0 Å². The molecule has 0 saturated heterocycles. The van der Waals surface area contributed by atoms with Gasteiger partial charge < -0.3 is 5.11 Å². The van der Waals surface area contributed by atoms with Crippen LogP contribution in [-0.2, 0) is 0 Å². The Labute approximate surface area is 84.7 Å². The molecule has 1 N–H and O–H groups in total. The molecular weight excluding hydrogens is 172 g/mol. The van der Waals surface area contributed by atoms with Crippen molar-refractivity contribution >= 4 is 5.57 Å². The highest BCUT2D eigenvalue weighted by Crippen LogP contribution is 2.25. The van der Waals surface area contributed by atoms with E-state index < -0.39 is 0 Å². The van der Waals surface area contributed by atoms with Crippen molar-refractivity contribution in [1.82, 2.24) is 0 Å². The third-order valence-corrected chi connectivity index (χ3v) is 1.90. The Kier molecular flexibility index (Phi) is 3.74. The first kappa shape index (κ1) is 10.3. The Hall–Kier alpha value is -1.76. The molecule has 14 heavy (non-hydrogen) atoms. The molecule has 1 aromatic rings. The van der Waals surface area contributed by atoms with Crippen molar-refractivity contribution < 1.29 is 5.11 Å². The minimum atomic E-state index is 0.281. The van der Waals surface area contributed by atoms with E-state index in [1.165, 1.54) is 0 Å². The van der Waals surface area contributed by atoms with Gasteiger partial charge in [-0.15, -0.1) is 0 Å². The zero-order valence-corrected chi connectivity index (χ0v) is 8.27. The van der Waals surface area contributed by atoms with Gasteiger partial charge in [0.05, 0.1) is 0 Å². The summed E-state index contributed by atoms with van der Waals surface area (Å²) in [5.41, 5.74) is 1.72. The van der Waals surface area contributed by atoms with Crippen LogP contribution < -0.4 is 0 Å². The molecule has 0 aliphatic heterocycles. The van der Waals surface area contributed by atoms with Gasteiger partial charge in [0.1, 0.15) is 5.75 Å². The average Bonchev–Trinajstić information content (AvgIpc) is 2.21. The van der Waals surface area contributed by atoms with Crippen LogP contribution in [0.4, 0.5) is 0 Å². The van der Waals surface area contributed by atoms with Crippen molar-refractivity contribution in [2.75, 3.05) is 0 Å². The first-order chi connectivity index (χ1) is 6.79. The van der Waals surface area contributed by atoms with Crippen molar-refractivity contribution in [2.45, 2.75) is 6.92 Å². The number of hydrogen-bond acceptors (Lipinski definition) is 1. The summed E-state index contributed by atoms with van der Waals surface area (Å²) in [7, 11) is 0. The van der Waals surface area contributed by atoms with E-state index >= 15 is 0 Å². The number of para-hydroxylation sites is 1. The SMILES string of the molecule is C=C/C(=C\C=C/C)c1ccccc1O. The largest absolute Gasteiger partial charge is 0.507 e. The molecule has 1 aromatic carbocycles. The zero-order chi connectivity index (χ0) is 10.4. The van der Waals surface area contributed by atoms with Gasteiger partial charge in [-0.2, -0.15) is 0 Å². The molecule has 0 aliphatic rings. The molecular formula is C13H14O. The molecule has 0 spiro atoms. The molecule has 0 atom stereocenters. The molecule has 0 bridgehead atoms. The number of allylic oxidation sites excluding steroid dienone is 5. The Morgan fingerprint density at radius 2 is 2.07 bits per heavy atom. The fourth-order valence-electron chi connectivity index (χ4n) is 1.19. The van der Waals surface area contributed by atoms with Gasteiger partial charge in [0, 0.05) is 5.56 Å². The second-order valence-corrected chi connectivity index (χ2v) is 2.87. The number of phenolic OH excluding ortho intramolecular Hbond substituents is 1. The summed E-state index contributed by atoms with van der Waals surface area (Å²) in [5.74, 6) is 0.281. The van der Waals surface area contributed by atoms with Gasteiger partial charge in [-0.3, -0.25) is 0 Å². The maximum absolute atomic E-state index is 9.60. The monoisotopic (exact) mass is 186 g/mol. The molecule has 0 amide bonds. The van der Waals surface area contributed by atoms with Crippen LogP contribution in [0.1, 0.15) is 12.5 Å². The number of rotatable bonds is 3. The molecule has 1 heteroatoms. The highest BCUT2D eigenvalue weighted by atomic mass is 16.3. The van der Waals surface area contributed by atoms with Crippen molar-refractivity contribution in [3.8, 4) is 5.75 Å². The molecule has 0 radical (unpaired) electrons. The van der Waals surface area contributed by atoms with E-state index in [-0.39, 0.29) is 5.75 Å². The normalized spacial score (nSPS) is 11.9. The molecule has 0 heterocycles. The van der Waals surface area contributed by atoms with Crippen molar-refractivity contribution in [2.24, 2.45) is 0 Å². The van der Waals surface area contributed by atoms with Gasteiger partial charge in [0.25, 0.3) is 0 Å². The van der Waals surface area contributed by atoms with E-state index in [4.69, 9.17) is 0 Å². The summed E-state index contributed by atoms with van der Waals surface area (Å²) < 4.78 is 0. The van der Waals surface area contributed by atoms with Crippen LogP contribution in [0.25, 0.3) is 5.57 Å². The van der Waals surface area contributed by atoms with E-state index in [1.807, 2.05) is 37.3 Å². The van der Waals surface area contributed by atoms with E-state index in [0.717, 1.165) is 11.1 Å². The Bertz CT molecular complexity index is 373. The number of aromatic hydroxyl groups is 1. The lowest BCUT2D eigenvalue weighted by Gasteiger charge is -2.03. The second kappa shape index (κ2) is 5.07. The first-order valence-electron chi connectivity index (χ1n) is 4.53. The van der Waals surface area contributed by atoms with Gasteiger partial charge >= 0.3 is 0 Å². The molecule has 0 aromatic heterocycles. The van der Waals surface area contributed by atoms with Crippen LogP contribution in [-0.4, -0.2) is 5.11 Å². The lowest BCUT2D eigenvalue weighted by atomic mass is 10.0.